The highest BCUT2D eigenvalue weighted by Crippen LogP contribution is 2.14. The van der Waals surface area contributed by atoms with Gasteiger partial charge in [0.05, 0.1) is 0 Å². The van der Waals surface area contributed by atoms with E-state index in [4.69, 9.17) is 8.23 Å². The monoisotopic (exact) mass is 270 g/mol. The molecule has 0 amide bonds. The fraction of sp³-hybridized carbons (Fsp3) is 1.00. The summed E-state index contributed by atoms with van der Waals surface area (Å²) in [5.41, 5.74) is 0. The zero-order valence-corrected chi connectivity index (χ0v) is 17.9. The molecule has 2 nitrogen and oxygen atoms in total. The van der Waals surface area contributed by atoms with Crippen LogP contribution in [0.1, 0.15) is 0 Å². The molecule has 0 N–H and O–H groups in total. The summed E-state index contributed by atoms with van der Waals surface area (Å²) in [5.74, 6) is 0. The lowest BCUT2D eigenvalue weighted by atomic mass is 11.8. The van der Waals surface area contributed by atoms with Crippen LogP contribution in [0.4, 0.5) is 0 Å². The fourth-order valence-corrected chi connectivity index (χ4v) is 10.6. The van der Waals surface area contributed by atoms with Crippen LogP contribution in [0.5, 0.6) is 0 Å². The zero-order valence-electron chi connectivity index (χ0n) is 10.5. The van der Waals surface area contributed by atoms with Crippen LogP contribution in [0.3, 0.4) is 0 Å². The lowest BCUT2D eigenvalue weighted by molar-refractivity contribution is 0.412. The van der Waals surface area contributed by atoms with Gasteiger partial charge in [0.2, 0.25) is 0 Å². The topological polar surface area (TPSA) is 18.5 Å². The molecular weight excluding hydrogens is 244 g/mol. The Kier molecular flexibility index (Phi) is 9.25. The molecule has 0 saturated heterocycles. The van der Waals surface area contributed by atoms with Crippen molar-refractivity contribution in [2.75, 3.05) is 0 Å². The number of hydrogen-bond acceptors (Lipinski definition) is 2. The number of hydrogen-bond donors (Lipinski definition) is 0. The SMILES string of the molecule is C[SiH2]O[Si](C)(C)O[Si](C)(C)C.[SiH3][SiH3]. The van der Waals surface area contributed by atoms with E-state index < -0.39 is 16.9 Å². The summed E-state index contributed by atoms with van der Waals surface area (Å²) in [7, 11) is -0.497. The first-order chi connectivity index (χ1) is 5.77. The molecule has 0 radical (unpaired) electrons. The second-order valence-electron chi connectivity index (χ2n) is 4.05. The van der Waals surface area contributed by atoms with E-state index in [-0.39, 0.29) is 9.76 Å². The quantitative estimate of drug-likeness (QED) is 0.631. The van der Waals surface area contributed by atoms with Gasteiger partial charge < -0.3 is 8.23 Å². The van der Waals surface area contributed by atoms with Crippen molar-refractivity contribution in [1.82, 2.24) is 0 Å². The summed E-state index contributed by atoms with van der Waals surface area (Å²) in [6.45, 7) is 13.1. The average Bonchev–Trinajstić information content (AvgIpc) is 1.85. The van der Waals surface area contributed by atoms with Gasteiger partial charge in [0, 0.05) is 0 Å². The van der Waals surface area contributed by atoms with Crippen LogP contribution in [-0.2, 0) is 8.23 Å². The van der Waals surface area contributed by atoms with E-state index in [0.717, 1.165) is 0 Å². The Hall–Kier alpha value is 1.00. The summed E-state index contributed by atoms with van der Waals surface area (Å²) in [6.07, 6.45) is 0. The highest BCUT2D eigenvalue weighted by atomic mass is 29.1. The first-order valence-electron chi connectivity index (χ1n) is 5.11. The van der Waals surface area contributed by atoms with E-state index in [1.165, 1.54) is 19.5 Å². The molecule has 0 bridgehead atoms. The summed E-state index contributed by atoms with van der Waals surface area (Å²) < 4.78 is 11.7. The maximum absolute atomic E-state index is 5.96. The Bertz CT molecular complexity index is 123. The largest absolute Gasteiger partial charge is 0.442 e. The molecule has 82 valence electrons. The van der Waals surface area contributed by atoms with Crippen LogP contribution in [-0.4, -0.2) is 46.2 Å². The Morgan fingerprint density at radius 2 is 1.38 bits per heavy atom. The van der Waals surface area contributed by atoms with Crippen LogP contribution in [0.2, 0.25) is 39.3 Å². The van der Waals surface area contributed by atoms with Gasteiger partial charge in [-0.3, -0.25) is 0 Å². The van der Waals surface area contributed by atoms with Gasteiger partial charge in [-0.15, -0.1) is 0 Å². The standard InChI is InChI=1S/C6H20O2Si3.H6Si2/c1-9-7-11(5,6)8-10(2,3)4;1-2/h9H2,1-6H3;1-2H3. The predicted octanol–water partition coefficient (Wildman–Crippen LogP) is -0.680. The zero-order chi connectivity index (χ0) is 11.1. The molecule has 0 aromatic rings. The Labute approximate surface area is 93.8 Å². The smallest absolute Gasteiger partial charge is 0.310 e. The molecule has 7 heteroatoms. The average molecular weight is 271 g/mol. The molecule has 0 spiro atoms. The van der Waals surface area contributed by atoms with Gasteiger partial charge in [-0.05, 0) is 52.3 Å². The molecule has 0 atom stereocenters. The molecule has 0 heterocycles. The van der Waals surface area contributed by atoms with Crippen molar-refractivity contribution in [3.8, 4) is 0 Å². The maximum atomic E-state index is 5.96. The van der Waals surface area contributed by atoms with Gasteiger partial charge in [0.1, 0.15) is 9.76 Å². The molecule has 0 rings (SSSR count). The van der Waals surface area contributed by atoms with Crippen molar-refractivity contribution in [2.45, 2.75) is 39.3 Å². The minimum Gasteiger partial charge on any atom is -0.442 e. The van der Waals surface area contributed by atoms with Crippen LogP contribution in [0, 0.1) is 0 Å². The summed E-state index contributed by atoms with van der Waals surface area (Å²) in [6, 6.07) is 0. The third kappa shape index (κ3) is 13.0. The Morgan fingerprint density at radius 1 is 1.00 bits per heavy atom. The minimum atomic E-state index is -1.72. The summed E-state index contributed by atoms with van der Waals surface area (Å²) in [5, 5.41) is 0. The summed E-state index contributed by atoms with van der Waals surface area (Å²) in [4.78, 5) is 0. The minimum absolute atomic E-state index is 0.300. The van der Waals surface area contributed by atoms with E-state index in [1.54, 1.807) is 0 Å². The highest BCUT2D eigenvalue weighted by Gasteiger charge is 2.30. The predicted molar refractivity (Wildman–Crippen MR) is 77.3 cm³/mol. The Morgan fingerprint density at radius 3 is 1.62 bits per heavy atom. The van der Waals surface area contributed by atoms with E-state index in [2.05, 4.69) is 39.3 Å². The van der Waals surface area contributed by atoms with Crippen LogP contribution >= 0.6 is 0 Å². The van der Waals surface area contributed by atoms with Gasteiger partial charge in [-0.25, -0.2) is 0 Å². The van der Waals surface area contributed by atoms with Crippen molar-refractivity contribution in [3.63, 3.8) is 0 Å². The van der Waals surface area contributed by atoms with Crippen molar-refractivity contribution in [2.24, 2.45) is 0 Å². The van der Waals surface area contributed by atoms with Gasteiger partial charge in [0.15, 0.2) is 8.32 Å². The second kappa shape index (κ2) is 7.32. The number of rotatable bonds is 4. The third-order valence-electron chi connectivity index (χ3n) is 1.04. The van der Waals surface area contributed by atoms with Crippen molar-refractivity contribution in [1.29, 1.82) is 0 Å². The molecule has 0 unspecified atom stereocenters. The molecule has 0 saturated carbocycles. The van der Waals surface area contributed by atoms with Crippen molar-refractivity contribution in [3.05, 3.63) is 0 Å². The molecule has 0 aromatic heterocycles. The van der Waals surface area contributed by atoms with E-state index >= 15 is 0 Å². The molecular formula is C6H26O2Si5. The normalized spacial score (nSPS) is 13.4. The molecule has 0 aliphatic heterocycles. The van der Waals surface area contributed by atoms with E-state index in [0.29, 0.717) is 0 Å². The molecule has 0 aliphatic rings. The van der Waals surface area contributed by atoms with E-state index in [1.807, 2.05) is 0 Å². The second-order valence-corrected chi connectivity index (χ2v) is 13.6. The van der Waals surface area contributed by atoms with Crippen LogP contribution in [0.15, 0.2) is 0 Å². The van der Waals surface area contributed by atoms with Crippen LogP contribution in [0.25, 0.3) is 0 Å². The van der Waals surface area contributed by atoms with Crippen molar-refractivity contribution < 1.29 is 8.23 Å². The first kappa shape index (κ1) is 16.4. The lowest BCUT2D eigenvalue weighted by Gasteiger charge is -2.30. The fourth-order valence-electron chi connectivity index (χ4n) is 1.11. The molecule has 13 heavy (non-hydrogen) atoms. The van der Waals surface area contributed by atoms with E-state index in [9.17, 15) is 0 Å². The molecule has 0 aliphatic carbocycles. The molecule has 0 fully saturated rings. The Balaban J connectivity index is 0. The van der Waals surface area contributed by atoms with Gasteiger partial charge in [-0.1, -0.05) is 6.55 Å². The van der Waals surface area contributed by atoms with Gasteiger partial charge in [0.25, 0.3) is 0 Å². The first-order valence-corrected chi connectivity index (χ1v) is 21.3. The highest BCUT2D eigenvalue weighted by molar-refractivity contribution is 6.82. The summed E-state index contributed by atoms with van der Waals surface area (Å²) >= 11 is 0. The third-order valence-corrected chi connectivity index (χ3v) is 9.40. The maximum Gasteiger partial charge on any atom is 0.310 e. The lowest BCUT2D eigenvalue weighted by Crippen LogP contribution is -2.45. The van der Waals surface area contributed by atoms with Crippen LogP contribution < -0.4 is 0 Å². The van der Waals surface area contributed by atoms with Crippen molar-refractivity contribution >= 4 is 46.2 Å². The molecule has 0 aromatic carbocycles. The van der Waals surface area contributed by atoms with Gasteiger partial charge >= 0.3 is 8.56 Å². The van der Waals surface area contributed by atoms with Gasteiger partial charge in [-0.2, -0.15) is 0 Å².